The minimum absolute atomic E-state index is 0.477. The fraction of sp³-hybridized carbons (Fsp3) is 0.200. The van der Waals surface area contributed by atoms with Gasteiger partial charge in [-0.15, -0.1) is 0 Å². The molecule has 0 bridgehead atoms. The average molecular weight is 186 g/mol. The molecule has 6 nitrogen and oxygen atoms in total. The number of hydrogen-bond donors (Lipinski definition) is 1. The molecule has 0 aliphatic carbocycles. The van der Waals surface area contributed by atoms with Crippen LogP contribution in [0.15, 0.2) is 11.2 Å². The van der Waals surface area contributed by atoms with Crippen molar-refractivity contribution in [3.05, 3.63) is 17.5 Å². The van der Waals surface area contributed by atoms with Gasteiger partial charge < -0.3 is 0 Å². The van der Waals surface area contributed by atoms with Crippen LogP contribution in [0.1, 0.15) is 11.3 Å². The summed E-state index contributed by atoms with van der Waals surface area (Å²) in [5, 5.41) is 8.56. The van der Waals surface area contributed by atoms with E-state index >= 15 is 0 Å². The standard InChI is InChI=1S/C5H6N4O2S/c6-12(10,11)9-3-4-1-7-2-5(4)8-9/h2-3H,1H2,(H2,6,10,11). The molecule has 1 aliphatic heterocycles. The summed E-state index contributed by atoms with van der Waals surface area (Å²) in [7, 11) is -3.74. The van der Waals surface area contributed by atoms with Gasteiger partial charge in [-0.1, -0.05) is 0 Å². The summed E-state index contributed by atoms with van der Waals surface area (Å²) >= 11 is 0. The Morgan fingerprint density at radius 2 is 2.33 bits per heavy atom. The van der Waals surface area contributed by atoms with E-state index < -0.39 is 10.2 Å². The topological polar surface area (TPSA) is 90.3 Å². The van der Waals surface area contributed by atoms with Gasteiger partial charge in [0, 0.05) is 18.0 Å². The van der Waals surface area contributed by atoms with Crippen LogP contribution in [0.25, 0.3) is 0 Å². The van der Waals surface area contributed by atoms with Crippen LogP contribution in [0.5, 0.6) is 0 Å². The van der Waals surface area contributed by atoms with Crippen LogP contribution >= 0.6 is 0 Å². The Hall–Kier alpha value is -1.21. The maximum Gasteiger partial charge on any atom is 0.317 e. The van der Waals surface area contributed by atoms with Crippen LogP contribution in [-0.4, -0.2) is 23.8 Å². The van der Waals surface area contributed by atoms with E-state index in [0.717, 1.165) is 9.65 Å². The van der Waals surface area contributed by atoms with Gasteiger partial charge in [0.05, 0.1) is 6.54 Å². The van der Waals surface area contributed by atoms with Crippen LogP contribution in [-0.2, 0) is 16.8 Å². The molecular weight excluding hydrogens is 180 g/mol. The summed E-state index contributed by atoms with van der Waals surface area (Å²) in [6.45, 7) is 0.477. The van der Waals surface area contributed by atoms with Crippen LogP contribution < -0.4 is 5.14 Å². The first-order valence-electron chi connectivity index (χ1n) is 3.19. The summed E-state index contributed by atoms with van der Waals surface area (Å²) in [6, 6.07) is 0. The summed E-state index contributed by atoms with van der Waals surface area (Å²) in [5.74, 6) is 0. The fourth-order valence-corrected chi connectivity index (χ4v) is 1.47. The highest BCUT2D eigenvalue weighted by Gasteiger charge is 2.15. The maximum atomic E-state index is 10.8. The number of hydrogen-bond acceptors (Lipinski definition) is 4. The average Bonchev–Trinajstić information content (AvgIpc) is 2.37. The Kier molecular flexibility index (Phi) is 1.33. The number of nitrogens with zero attached hydrogens (tertiary/aromatic N) is 3. The van der Waals surface area contributed by atoms with Gasteiger partial charge >= 0.3 is 10.2 Å². The van der Waals surface area contributed by atoms with E-state index in [1.165, 1.54) is 12.4 Å². The summed E-state index contributed by atoms with van der Waals surface area (Å²) < 4.78 is 22.3. The van der Waals surface area contributed by atoms with Crippen molar-refractivity contribution >= 4 is 16.4 Å². The summed E-state index contributed by atoms with van der Waals surface area (Å²) in [5.41, 5.74) is 1.35. The van der Waals surface area contributed by atoms with Crippen LogP contribution in [0.3, 0.4) is 0 Å². The molecule has 0 saturated carbocycles. The molecule has 1 aliphatic rings. The highest BCUT2D eigenvalue weighted by molar-refractivity contribution is 7.87. The molecule has 0 amide bonds. The van der Waals surface area contributed by atoms with Gasteiger partial charge in [0.1, 0.15) is 5.69 Å². The highest BCUT2D eigenvalue weighted by atomic mass is 32.2. The van der Waals surface area contributed by atoms with E-state index in [1.807, 2.05) is 0 Å². The number of fused-ring (bicyclic) bond motifs is 1. The highest BCUT2D eigenvalue weighted by Crippen LogP contribution is 2.12. The molecule has 0 saturated heterocycles. The van der Waals surface area contributed by atoms with Crippen LogP contribution in [0.2, 0.25) is 0 Å². The molecular formula is C5H6N4O2S. The molecule has 2 N–H and O–H groups in total. The van der Waals surface area contributed by atoms with Crippen molar-refractivity contribution in [2.45, 2.75) is 6.54 Å². The molecule has 1 aromatic heterocycles. The zero-order valence-electron chi connectivity index (χ0n) is 6.01. The molecule has 0 spiro atoms. The molecule has 0 fully saturated rings. The summed E-state index contributed by atoms with van der Waals surface area (Å²) in [4.78, 5) is 3.90. The second-order valence-corrected chi connectivity index (χ2v) is 3.83. The van der Waals surface area contributed by atoms with Gasteiger partial charge in [0.15, 0.2) is 0 Å². The third-order valence-corrected chi connectivity index (χ3v) is 2.25. The Bertz CT molecular complexity index is 444. The zero-order chi connectivity index (χ0) is 8.77. The van der Waals surface area contributed by atoms with Gasteiger partial charge in [-0.05, 0) is 0 Å². The van der Waals surface area contributed by atoms with Crippen molar-refractivity contribution in [2.75, 3.05) is 0 Å². The van der Waals surface area contributed by atoms with Gasteiger partial charge in [-0.3, -0.25) is 4.99 Å². The van der Waals surface area contributed by atoms with Crippen molar-refractivity contribution in [1.82, 2.24) is 9.19 Å². The Balaban J connectivity index is 2.58. The Morgan fingerprint density at radius 1 is 1.58 bits per heavy atom. The quantitative estimate of drug-likeness (QED) is 0.601. The van der Waals surface area contributed by atoms with Gasteiger partial charge in [0.2, 0.25) is 0 Å². The molecule has 64 valence electrons. The van der Waals surface area contributed by atoms with Crippen LogP contribution in [0.4, 0.5) is 0 Å². The number of aromatic nitrogens is 2. The molecule has 12 heavy (non-hydrogen) atoms. The SMILES string of the molecule is NS(=O)(=O)n1cc2c(n1)C=NC2. The minimum atomic E-state index is -3.74. The lowest BCUT2D eigenvalue weighted by Crippen LogP contribution is -2.22. The predicted molar refractivity (Wildman–Crippen MR) is 42.0 cm³/mol. The van der Waals surface area contributed by atoms with E-state index in [1.54, 1.807) is 0 Å². The van der Waals surface area contributed by atoms with Crippen molar-refractivity contribution in [3.63, 3.8) is 0 Å². The smallest absolute Gasteiger partial charge is 0.286 e. The van der Waals surface area contributed by atoms with Crippen molar-refractivity contribution in [3.8, 4) is 0 Å². The van der Waals surface area contributed by atoms with E-state index in [4.69, 9.17) is 5.14 Å². The fourth-order valence-electron chi connectivity index (χ4n) is 0.990. The number of aliphatic imine (C=N–C) groups is 1. The van der Waals surface area contributed by atoms with E-state index in [0.29, 0.717) is 12.2 Å². The molecule has 0 unspecified atom stereocenters. The molecule has 0 radical (unpaired) electrons. The van der Waals surface area contributed by atoms with Crippen molar-refractivity contribution < 1.29 is 8.42 Å². The monoisotopic (exact) mass is 186 g/mol. The molecule has 7 heteroatoms. The maximum absolute atomic E-state index is 10.8. The molecule has 1 aromatic rings. The number of nitrogens with two attached hydrogens (primary N) is 1. The first-order chi connectivity index (χ1) is 5.57. The van der Waals surface area contributed by atoms with Gasteiger partial charge in [-0.2, -0.15) is 17.6 Å². The first kappa shape index (κ1) is 7.44. The lowest BCUT2D eigenvalue weighted by molar-refractivity contribution is 0.581. The Labute approximate surface area is 68.9 Å². The van der Waals surface area contributed by atoms with E-state index in [9.17, 15) is 8.42 Å². The third-order valence-electron chi connectivity index (χ3n) is 1.54. The van der Waals surface area contributed by atoms with E-state index in [-0.39, 0.29) is 0 Å². The lowest BCUT2D eigenvalue weighted by Gasteiger charge is -1.93. The number of rotatable bonds is 1. The predicted octanol–water partition coefficient (Wildman–Crippen LogP) is -1.13. The molecule has 0 atom stereocenters. The van der Waals surface area contributed by atoms with Crippen molar-refractivity contribution in [2.24, 2.45) is 10.1 Å². The third kappa shape index (κ3) is 1.03. The second kappa shape index (κ2) is 2.14. The summed E-state index contributed by atoms with van der Waals surface area (Å²) in [6.07, 6.45) is 2.90. The van der Waals surface area contributed by atoms with Gasteiger partial charge in [0.25, 0.3) is 0 Å². The Morgan fingerprint density at radius 3 is 2.92 bits per heavy atom. The molecule has 2 heterocycles. The van der Waals surface area contributed by atoms with Crippen molar-refractivity contribution in [1.29, 1.82) is 0 Å². The molecule has 2 rings (SSSR count). The normalized spacial score (nSPS) is 15.1. The second-order valence-electron chi connectivity index (χ2n) is 2.43. The minimum Gasteiger partial charge on any atom is -0.286 e. The first-order valence-corrected chi connectivity index (χ1v) is 4.69. The largest absolute Gasteiger partial charge is 0.317 e. The molecule has 0 aromatic carbocycles. The van der Waals surface area contributed by atoms with Gasteiger partial charge in [-0.25, -0.2) is 5.14 Å². The van der Waals surface area contributed by atoms with Crippen LogP contribution in [0, 0.1) is 0 Å². The van der Waals surface area contributed by atoms with E-state index in [2.05, 4.69) is 10.1 Å². The zero-order valence-corrected chi connectivity index (χ0v) is 6.82. The lowest BCUT2D eigenvalue weighted by atomic mass is 10.3.